The van der Waals surface area contributed by atoms with E-state index < -0.39 is 10.2 Å². The number of aromatic nitrogens is 3. The van der Waals surface area contributed by atoms with Gasteiger partial charge in [-0.05, 0) is 43.2 Å². The highest BCUT2D eigenvalue weighted by molar-refractivity contribution is 7.90. The molecular weight excluding hydrogens is 440 g/mol. The van der Waals surface area contributed by atoms with Crippen molar-refractivity contribution in [3.63, 3.8) is 0 Å². The molecule has 3 N–H and O–H groups in total. The first-order valence-electron chi connectivity index (χ1n) is 10.4. The number of anilines is 2. The lowest BCUT2D eigenvalue weighted by atomic mass is 10.0. The van der Waals surface area contributed by atoms with Crippen LogP contribution in [0.2, 0.25) is 0 Å². The van der Waals surface area contributed by atoms with Crippen molar-refractivity contribution in [2.24, 2.45) is 0 Å². The summed E-state index contributed by atoms with van der Waals surface area (Å²) in [6.07, 6.45) is 4.09. The topological polar surface area (TPSA) is 123 Å². The molecule has 0 amide bonds. The Morgan fingerprint density at radius 3 is 2.61 bits per heavy atom. The van der Waals surface area contributed by atoms with Crippen LogP contribution < -0.4 is 15.2 Å². The van der Waals surface area contributed by atoms with E-state index in [9.17, 15) is 8.42 Å². The van der Waals surface area contributed by atoms with Gasteiger partial charge in [0.25, 0.3) is 0 Å². The summed E-state index contributed by atoms with van der Waals surface area (Å²) in [7, 11) is -3.59. The predicted molar refractivity (Wildman–Crippen MR) is 127 cm³/mol. The maximum atomic E-state index is 12.6. The number of nitrogens with two attached hydrogens (primary N) is 1. The smallest absolute Gasteiger partial charge is 0.301 e. The van der Waals surface area contributed by atoms with E-state index in [0.717, 1.165) is 22.8 Å². The molecule has 33 heavy (non-hydrogen) atoms. The van der Waals surface area contributed by atoms with Gasteiger partial charge in [0.1, 0.15) is 5.75 Å². The third-order valence-corrected chi connectivity index (χ3v) is 7.05. The second-order valence-corrected chi connectivity index (χ2v) is 9.40. The standard InChI is InChI=1S/C23H22N6O3S/c1-15-8-9-16-17(5-2-7-20(16)28-33(30,31)29-13-4-14-29)21(15)32-22-18(6-3-11-25-22)19-10-12-26-23(24)27-19/h2-3,5-12,28H,4,13-14H2,1H3,(H2,24,26,27). The first kappa shape index (κ1) is 21.1. The lowest BCUT2D eigenvalue weighted by Gasteiger charge is -2.30. The zero-order chi connectivity index (χ0) is 23.0. The van der Waals surface area contributed by atoms with E-state index in [2.05, 4.69) is 19.7 Å². The number of aryl methyl sites for hydroxylation is 1. The Balaban J connectivity index is 1.57. The monoisotopic (exact) mass is 462 g/mol. The average molecular weight is 463 g/mol. The number of nitrogen functional groups attached to an aromatic ring is 1. The third kappa shape index (κ3) is 4.06. The molecule has 0 bridgehead atoms. The molecule has 0 spiro atoms. The van der Waals surface area contributed by atoms with Crippen LogP contribution in [0.3, 0.4) is 0 Å². The fourth-order valence-corrected chi connectivity index (χ4v) is 5.01. The highest BCUT2D eigenvalue weighted by atomic mass is 32.2. The van der Waals surface area contributed by atoms with Crippen molar-refractivity contribution in [2.45, 2.75) is 13.3 Å². The number of pyridine rings is 1. The van der Waals surface area contributed by atoms with Crippen LogP contribution >= 0.6 is 0 Å². The van der Waals surface area contributed by atoms with Gasteiger partial charge < -0.3 is 10.5 Å². The Morgan fingerprint density at radius 1 is 1.00 bits per heavy atom. The number of nitrogens with one attached hydrogen (secondary N) is 1. The molecule has 0 saturated carbocycles. The van der Waals surface area contributed by atoms with E-state index in [1.165, 1.54) is 4.31 Å². The Kier molecular flexibility index (Phi) is 5.31. The zero-order valence-corrected chi connectivity index (χ0v) is 18.7. The molecule has 4 aromatic rings. The summed E-state index contributed by atoms with van der Waals surface area (Å²) < 4.78 is 35.7. The number of ether oxygens (including phenoxy) is 1. The summed E-state index contributed by atoms with van der Waals surface area (Å²) in [5.41, 5.74) is 8.38. The fourth-order valence-electron chi connectivity index (χ4n) is 3.68. The molecule has 1 saturated heterocycles. The van der Waals surface area contributed by atoms with Gasteiger partial charge >= 0.3 is 10.2 Å². The second kappa shape index (κ2) is 8.30. The summed E-state index contributed by atoms with van der Waals surface area (Å²) in [6.45, 7) is 2.99. The van der Waals surface area contributed by atoms with Crippen molar-refractivity contribution in [1.29, 1.82) is 0 Å². The fraction of sp³-hybridized carbons (Fsp3) is 0.174. The van der Waals surface area contributed by atoms with Gasteiger partial charge in [0.2, 0.25) is 11.8 Å². The van der Waals surface area contributed by atoms with Gasteiger partial charge in [0.05, 0.1) is 16.9 Å². The van der Waals surface area contributed by atoms with Gasteiger partial charge in [-0.2, -0.15) is 12.7 Å². The molecule has 9 nitrogen and oxygen atoms in total. The largest absolute Gasteiger partial charge is 0.437 e. The van der Waals surface area contributed by atoms with E-state index >= 15 is 0 Å². The van der Waals surface area contributed by atoms with Gasteiger partial charge in [-0.25, -0.2) is 15.0 Å². The molecule has 0 atom stereocenters. The molecule has 3 heterocycles. The lowest BCUT2D eigenvalue weighted by molar-refractivity contribution is 0.311. The molecule has 2 aromatic carbocycles. The summed E-state index contributed by atoms with van der Waals surface area (Å²) >= 11 is 0. The van der Waals surface area contributed by atoms with Crippen LogP contribution in [0.4, 0.5) is 11.6 Å². The molecule has 2 aromatic heterocycles. The molecular formula is C23H22N6O3S. The van der Waals surface area contributed by atoms with Crippen molar-refractivity contribution < 1.29 is 13.2 Å². The van der Waals surface area contributed by atoms with Crippen LogP contribution in [0, 0.1) is 6.92 Å². The molecule has 5 rings (SSSR count). The van der Waals surface area contributed by atoms with Gasteiger partial charge in [-0.3, -0.25) is 4.72 Å². The highest BCUT2D eigenvalue weighted by Gasteiger charge is 2.28. The number of fused-ring (bicyclic) bond motifs is 1. The van der Waals surface area contributed by atoms with Gasteiger partial charge in [0.15, 0.2) is 0 Å². The maximum Gasteiger partial charge on any atom is 0.301 e. The Hall–Kier alpha value is -3.76. The van der Waals surface area contributed by atoms with Crippen LogP contribution in [0.25, 0.3) is 22.0 Å². The first-order chi connectivity index (χ1) is 15.9. The van der Waals surface area contributed by atoms with E-state index in [-0.39, 0.29) is 5.95 Å². The SMILES string of the molecule is Cc1ccc2c(NS(=O)(=O)N3CCC3)cccc2c1Oc1ncccc1-c1ccnc(N)n1. The van der Waals surface area contributed by atoms with Crippen LogP contribution in [0.1, 0.15) is 12.0 Å². The van der Waals surface area contributed by atoms with Crippen molar-refractivity contribution in [3.8, 4) is 22.9 Å². The quantitative estimate of drug-likeness (QED) is 0.447. The molecule has 0 radical (unpaired) electrons. The van der Waals surface area contributed by atoms with E-state index in [1.807, 2.05) is 31.2 Å². The average Bonchev–Trinajstić information content (AvgIpc) is 2.74. The summed E-state index contributed by atoms with van der Waals surface area (Å²) in [6, 6.07) is 14.6. The second-order valence-electron chi connectivity index (χ2n) is 7.73. The van der Waals surface area contributed by atoms with Gasteiger partial charge in [-0.1, -0.05) is 24.3 Å². The minimum atomic E-state index is -3.59. The van der Waals surface area contributed by atoms with E-state index in [1.54, 1.807) is 36.7 Å². The first-order valence-corrected chi connectivity index (χ1v) is 11.9. The van der Waals surface area contributed by atoms with Crippen LogP contribution in [0.5, 0.6) is 11.6 Å². The van der Waals surface area contributed by atoms with Crippen LogP contribution in [-0.2, 0) is 10.2 Å². The molecule has 0 aliphatic carbocycles. The molecule has 0 unspecified atom stereocenters. The maximum absolute atomic E-state index is 12.6. The van der Waals surface area contributed by atoms with Crippen molar-refractivity contribution >= 4 is 32.6 Å². The molecule has 1 fully saturated rings. The molecule has 10 heteroatoms. The van der Waals surface area contributed by atoms with Crippen molar-refractivity contribution in [3.05, 3.63) is 66.5 Å². The van der Waals surface area contributed by atoms with E-state index in [0.29, 0.717) is 41.7 Å². The van der Waals surface area contributed by atoms with E-state index in [4.69, 9.17) is 10.5 Å². The normalized spacial score (nSPS) is 14.1. The highest BCUT2D eigenvalue weighted by Crippen LogP contribution is 2.38. The molecule has 1 aliphatic heterocycles. The summed E-state index contributed by atoms with van der Waals surface area (Å²) in [4.78, 5) is 12.6. The van der Waals surface area contributed by atoms with Crippen molar-refractivity contribution in [2.75, 3.05) is 23.5 Å². The molecule has 1 aliphatic rings. The molecule has 168 valence electrons. The minimum Gasteiger partial charge on any atom is -0.437 e. The third-order valence-electron chi connectivity index (χ3n) is 5.52. The number of rotatable bonds is 6. The Morgan fingerprint density at radius 2 is 1.85 bits per heavy atom. The number of nitrogens with zero attached hydrogens (tertiary/aromatic N) is 4. The van der Waals surface area contributed by atoms with Crippen LogP contribution in [-0.4, -0.2) is 40.8 Å². The van der Waals surface area contributed by atoms with Gasteiger partial charge in [-0.15, -0.1) is 0 Å². The number of benzene rings is 2. The summed E-state index contributed by atoms with van der Waals surface area (Å²) in [5.74, 6) is 1.10. The summed E-state index contributed by atoms with van der Waals surface area (Å²) in [5, 5.41) is 1.49. The van der Waals surface area contributed by atoms with Crippen LogP contribution in [0.15, 0.2) is 60.9 Å². The van der Waals surface area contributed by atoms with Gasteiger partial charge in [0, 0.05) is 36.3 Å². The lowest BCUT2D eigenvalue weighted by Crippen LogP contribution is -2.45. The predicted octanol–water partition coefficient (Wildman–Crippen LogP) is 3.74. The van der Waals surface area contributed by atoms with Crippen molar-refractivity contribution in [1.82, 2.24) is 19.3 Å². The number of hydrogen-bond acceptors (Lipinski definition) is 7. The Bertz CT molecular complexity index is 1450. The Labute approximate surface area is 191 Å². The minimum absolute atomic E-state index is 0.155. The zero-order valence-electron chi connectivity index (χ0n) is 17.9. The number of hydrogen-bond donors (Lipinski definition) is 2.